The monoisotopic (exact) mass is 267 g/mol. The summed E-state index contributed by atoms with van der Waals surface area (Å²) in [6, 6.07) is 0.470. The lowest BCUT2D eigenvalue weighted by molar-refractivity contribution is -0.132. The first kappa shape index (κ1) is 10.8. The highest BCUT2D eigenvalue weighted by molar-refractivity contribution is 8.23. The fourth-order valence-corrected chi connectivity index (χ4v) is 6.12. The van der Waals surface area contributed by atoms with Crippen molar-refractivity contribution in [1.29, 1.82) is 0 Å². The van der Waals surface area contributed by atoms with E-state index in [-0.39, 0.29) is 5.91 Å². The van der Waals surface area contributed by atoms with Crippen LogP contribution in [0.2, 0.25) is 0 Å². The average molecular weight is 267 g/mol. The molecule has 5 aliphatic rings. The molecule has 1 heterocycles. The summed E-state index contributed by atoms with van der Waals surface area (Å²) in [5, 5.41) is 0. The summed E-state index contributed by atoms with van der Waals surface area (Å²) in [5.74, 6) is 4.30. The third-order valence-corrected chi connectivity index (χ3v) is 6.64. The van der Waals surface area contributed by atoms with Crippen LogP contribution in [0.3, 0.4) is 0 Å². The molecule has 17 heavy (non-hydrogen) atoms. The number of thioether (sulfide) groups is 1. The number of hydrogen-bond acceptors (Lipinski definition) is 3. The molecule has 0 aromatic carbocycles. The Morgan fingerprint density at radius 2 is 1.65 bits per heavy atom. The van der Waals surface area contributed by atoms with E-state index in [0.29, 0.717) is 11.8 Å². The second-order valence-corrected chi connectivity index (χ2v) is 7.85. The second-order valence-electron chi connectivity index (χ2n) is 6.24. The van der Waals surface area contributed by atoms with Crippen LogP contribution in [0.15, 0.2) is 0 Å². The van der Waals surface area contributed by atoms with Crippen molar-refractivity contribution in [3.8, 4) is 0 Å². The fourth-order valence-electron chi connectivity index (χ4n) is 4.97. The number of carbonyl (C=O) groups excluding carboxylic acids is 1. The van der Waals surface area contributed by atoms with Crippen LogP contribution in [-0.4, -0.2) is 26.9 Å². The second kappa shape index (κ2) is 3.70. The van der Waals surface area contributed by atoms with Gasteiger partial charge in [0, 0.05) is 6.04 Å². The largest absolute Gasteiger partial charge is 0.293 e. The van der Waals surface area contributed by atoms with Gasteiger partial charge in [0.1, 0.15) is 4.32 Å². The van der Waals surface area contributed by atoms with Crippen molar-refractivity contribution in [1.82, 2.24) is 4.90 Å². The molecular weight excluding hydrogens is 250 g/mol. The number of thiocarbonyl (C=S) groups is 1. The lowest BCUT2D eigenvalue weighted by Crippen LogP contribution is -2.57. The van der Waals surface area contributed by atoms with Crippen LogP contribution in [0.25, 0.3) is 0 Å². The van der Waals surface area contributed by atoms with Gasteiger partial charge in [0.2, 0.25) is 5.91 Å². The Hall–Kier alpha value is -0.0900. The molecule has 0 aromatic heterocycles. The first-order valence-corrected chi connectivity index (χ1v) is 8.10. The summed E-state index contributed by atoms with van der Waals surface area (Å²) in [5.41, 5.74) is 0. The topological polar surface area (TPSA) is 20.3 Å². The normalized spacial score (nSPS) is 48.2. The van der Waals surface area contributed by atoms with E-state index in [1.54, 1.807) is 11.8 Å². The minimum Gasteiger partial charge on any atom is -0.293 e. The molecule has 0 N–H and O–H groups in total. The zero-order chi connectivity index (χ0) is 11.6. The van der Waals surface area contributed by atoms with Gasteiger partial charge in [0.05, 0.1) is 5.75 Å². The first-order valence-electron chi connectivity index (χ1n) is 6.71. The third-order valence-electron chi connectivity index (χ3n) is 5.26. The molecule has 2 nitrogen and oxygen atoms in total. The molecule has 4 saturated carbocycles. The van der Waals surface area contributed by atoms with Crippen molar-refractivity contribution >= 4 is 34.2 Å². The molecule has 1 aliphatic heterocycles. The van der Waals surface area contributed by atoms with Crippen LogP contribution in [-0.2, 0) is 4.79 Å². The van der Waals surface area contributed by atoms with Gasteiger partial charge in [0.15, 0.2) is 0 Å². The number of nitrogens with zero attached hydrogens (tertiary/aromatic N) is 1. The maximum absolute atomic E-state index is 12.0. The molecule has 0 atom stereocenters. The fraction of sp³-hybridized carbons (Fsp3) is 0.846. The highest BCUT2D eigenvalue weighted by atomic mass is 32.2. The molecule has 92 valence electrons. The van der Waals surface area contributed by atoms with Gasteiger partial charge in [-0.25, -0.2) is 0 Å². The van der Waals surface area contributed by atoms with Crippen molar-refractivity contribution in [3.63, 3.8) is 0 Å². The summed E-state index contributed by atoms with van der Waals surface area (Å²) in [6.07, 6.45) is 6.89. The van der Waals surface area contributed by atoms with Gasteiger partial charge in [-0.1, -0.05) is 24.0 Å². The first-order chi connectivity index (χ1) is 8.22. The summed E-state index contributed by atoms with van der Waals surface area (Å²) >= 11 is 6.95. The molecule has 0 spiro atoms. The van der Waals surface area contributed by atoms with Gasteiger partial charge in [0.25, 0.3) is 0 Å². The van der Waals surface area contributed by atoms with Crippen molar-refractivity contribution in [2.45, 2.75) is 38.1 Å². The maximum atomic E-state index is 12.0. The zero-order valence-corrected chi connectivity index (χ0v) is 11.4. The molecule has 0 radical (unpaired) electrons. The number of carbonyl (C=O) groups is 1. The van der Waals surface area contributed by atoms with Crippen LogP contribution < -0.4 is 0 Å². The Morgan fingerprint density at radius 3 is 2.12 bits per heavy atom. The van der Waals surface area contributed by atoms with Crippen LogP contribution in [0.1, 0.15) is 32.1 Å². The zero-order valence-electron chi connectivity index (χ0n) is 9.80. The van der Waals surface area contributed by atoms with Gasteiger partial charge in [-0.05, 0) is 55.8 Å². The smallest absolute Gasteiger partial charge is 0.238 e. The molecular formula is C13H17NOS2. The average Bonchev–Trinajstić information content (AvgIpc) is 2.59. The van der Waals surface area contributed by atoms with E-state index < -0.39 is 0 Å². The number of amides is 1. The van der Waals surface area contributed by atoms with E-state index in [0.717, 1.165) is 28.0 Å². The van der Waals surface area contributed by atoms with Crippen LogP contribution >= 0.6 is 24.0 Å². The quantitative estimate of drug-likeness (QED) is 0.681. The van der Waals surface area contributed by atoms with Crippen molar-refractivity contribution < 1.29 is 4.79 Å². The minimum atomic E-state index is 0.275. The molecule has 5 rings (SSSR count). The van der Waals surface area contributed by atoms with Crippen molar-refractivity contribution in [2.24, 2.45) is 23.7 Å². The Morgan fingerprint density at radius 1 is 1.06 bits per heavy atom. The van der Waals surface area contributed by atoms with Crippen molar-refractivity contribution in [3.05, 3.63) is 0 Å². The van der Waals surface area contributed by atoms with E-state index in [2.05, 4.69) is 0 Å². The Kier molecular flexibility index (Phi) is 2.35. The lowest BCUT2D eigenvalue weighted by Gasteiger charge is -2.56. The molecule has 4 aliphatic carbocycles. The number of rotatable bonds is 1. The van der Waals surface area contributed by atoms with E-state index in [4.69, 9.17) is 12.2 Å². The van der Waals surface area contributed by atoms with Gasteiger partial charge in [-0.15, -0.1) is 0 Å². The molecule has 5 fully saturated rings. The molecule has 0 unspecified atom stereocenters. The summed E-state index contributed by atoms with van der Waals surface area (Å²) in [4.78, 5) is 14.0. The number of hydrogen-bond donors (Lipinski definition) is 0. The predicted molar refractivity (Wildman–Crippen MR) is 72.7 cm³/mol. The molecule has 1 saturated heterocycles. The summed E-state index contributed by atoms with van der Waals surface area (Å²) in [6.45, 7) is 0. The molecule has 0 aromatic rings. The SMILES string of the molecule is O=C1CSC(=S)N1C1C2CC3CC(C2)CC1C3. The summed E-state index contributed by atoms with van der Waals surface area (Å²) < 4.78 is 0.854. The van der Waals surface area contributed by atoms with Crippen LogP contribution in [0, 0.1) is 23.7 Å². The Labute approximate surface area is 111 Å². The highest BCUT2D eigenvalue weighted by Gasteiger charge is 2.52. The standard InChI is InChI=1S/C13H17NOS2/c15-11-6-17-13(16)14(11)12-9-2-7-1-8(4-9)5-10(12)3-7/h7-10,12H,1-6H2. The Bertz CT molecular complexity index is 351. The van der Waals surface area contributed by atoms with Gasteiger partial charge >= 0.3 is 0 Å². The van der Waals surface area contributed by atoms with Gasteiger partial charge < -0.3 is 0 Å². The molecule has 4 heteroatoms. The van der Waals surface area contributed by atoms with Gasteiger partial charge in [-0.3, -0.25) is 9.69 Å². The van der Waals surface area contributed by atoms with E-state index in [9.17, 15) is 4.79 Å². The maximum Gasteiger partial charge on any atom is 0.238 e. The summed E-state index contributed by atoms with van der Waals surface area (Å²) in [7, 11) is 0. The van der Waals surface area contributed by atoms with Crippen molar-refractivity contribution in [2.75, 3.05) is 5.75 Å². The predicted octanol–water partition coefficient (Wildman–Crippen LogP) is 2.67. The van der Waals surface area contributed by atoms with E-state index in [1.807, 2.05) is 4.90 Å². The Balaban J connectivity index is 1.66. The third kappa shape index (κ3) is 1.53. The minimum absolute atomic E-state index is 0.275. The highest BCUT2D eigenvalue weighted by Crippen LogP contribution is 2.55. The van der Waals surface area contributed by atoms with E-state index >= 15 is 0 Å². The molecule has 4 bridgehead atoms. The molecule has 1 amide bonds. The van der Waals surface area contributed by atoms with Gasteiger partial charge in [-0.2, -0.15) is 0 Å². The van der Waals surface area contributed by atoms with Crippen LogP contribution in [0.5, 0.6) is 0 Å². The van der Waals surface area contributed by atoms with E-state index in [1.165, 1.54) is 32.1 Å². The van der Waals surface area contributed by atoms with Crippen LogP contribution in [0.4, 0.5) is 0 Å². The lowest BCUT2D eigenvalue weighted by atomic mass is 9.54.